The third-order valence-electron chi connectivity index (χ3n) is 6.08. The lowest BCUT2D eigenvalue weighted by Crippen LogP contribution is -2.52. The van der Waals surface area contributed by atoms with Crippen molar-refractivity contribution in [1.29, 1.82) is 0 Å². The first-order valence-corrected chi connectivity index (χ1v) is 10.6. The number of amides is 4. The van der Waals surface area contributed by atoms with E-state index in [0.717, 1.165) is 28.1 Å². The second-order valence-electron chi connectivity index (χ2n) is 8.33. The molecule has 4 amide bonds. The molecule has 1 aliphatic heterocycles. The zero-order chi connectivity index (χ0) is 22.3. The third kappa shape index (κ3) is 3.43. The van der Waals surface area contributed by atoms with Crippen LogP contribution in [-0.4, -0.2) is 44.6 Å². The van der Waals surface area contributed by atoms with Gasteiger partial charge < -0.3 is 10.6 Å². The SMILES string of the molecule is Cc1ccc(-c2cc(NC(=O)CN3C(=O)NC4(CCC4)C3=O)n(-c3ccccc3)n2)cc1. The largest absolute Gasteiger partial charge is 0.325 e. The molecular weight excluding hydrogens is 406 g/mol. The molecule has 32 heavy (non-hydrogen) atoms. The van der Waals surface area contributed by atoms with E-state index in [1.807, 2.05) is 61.5 Å². The van der Waals surface area contributed by atoms with Gasteiger partial charge in [-0.2, -0.15) is 5.10 Å². The van der Waals surface area contributed by atoms with Crippen molar-refractivity contribution in [2.75, 3.05) is 11.9 Å². The lowest BCUT2D eigenvalue weighted by atomic mass is 9.77. The van der Waals surface area contributed by atoms with Crippen LogP contribution in [-0.2, 0) is 9.59 Å². The number of hydrogen-bond acceptors (Lipinski definition) is 4. The zero-order valence-electron chi connectivity index (χ0n) is 17.7. The van der Waals surface area contributed by atoms with Crippen LogP contribution in [0.2, 0.25) is 0 Å². The van der Waals surface area contributed by atoms with E-state index in [0.29, 0.717) is 24.4 Å². The molecule has 0 bridgehead atoms. The molecule has 8 nitrogen and oxygen atoms in total. The van der Waals surface area contributed by atoms with Gasteiger partial charge in [-0.05, 0) is 38.3 Å². The molecule has 8 heteroatoms. The van der Waals surface area contributed by atoms with Gasteiger partial charge in [-0.15, -0.1) is 0 Å². The molecule has 2 fully saturated rings. The number of nitrogens with one attached hydrogen (secondary N) is 2. The zero-order valence-corrected chi connectivity index (χ0v) is 17.7. The van der Waals surface area contributed by atoms with Crippen LogP contribution < -0.4 is 10.6 Å². The van der Waals surface area contributed by atoms with Gasteiger partial charge in [0.25, 0.3) is 5.91 Å². The second-order valence-corrected chi connectivity index (χ2v) is 8.33. The summed E-state index contributed by atoms with van der Waals surface area (Å²) in [6.07, 6.45) is 2.14. The molecule has 2 N–H and O–H groups in total. The summed E-state index contributed by atoms with van der Waals surface area (Å²) in [6.45, 7) is 1.67. The standard InChI is InChI=1S/C24H23N5O3/c1-16-8-10-17(11-9-16)19-14-20(29(27-19)18-6-3-2-4-7-18)25-21(30)15-28-22(31)24(12-5-13-24)26-23(28)32/h2-4,6-11,14H,5,12-13,15H2,1H3,(H,25,30)(H,26,32). The summed E-state index contributed by atoms with van der Waals surface area (Å²) in [7, 11) is 0. The van der Waals surface area contributed by atoms with Crippen LogP contribution in [0, 0.1) is 6.92 Å². The maximum Gasteiger partial charge on any atom is 0.325 e. The number of urea groups is 1. The molecule has 1 spiro atoms. The Kier molecular flexibility index (Phi) is 4.77. The molecule has 2 heterocycles. The topological polar surface area (TPSA) is 96.3 Å². The minimum Gasteiger partial charge on any atom is -0.323 e. The van der Waals surface area contributed by atoms with Crippen LogP contribution in [0.1, 0.15) is 24.8 Å². The van der Waals surface area contributed by atoms with Crippen molar-refractivity contribution in [3.8, 4) is 16.9 Å². The highest BCUT2D eigenvalue weighted by atomic mass is 16.2. The Balaban J connectivity index is 1.41. The first-order valence-electron chi connectivity index (χ1n) is 10.6. The molecule has 1 saturated carbocycles. The van der Waals surface area contributed by atoms with Gasteiger partial charge in [-0.3, -0.25) is 14.5 Å². The number of nitrogens with zero attached hydrogens (tertiary/aromatic N) is 3. The van der Waals surface area contributed by atoms with Gasteiger partial charge in [0.1, 0.15) is 17.9 Å². The summed E-state index contributed by atoms with van der Waals surface area (Å²) in [5.41, 5.74) is 2.74. The van der Waals surface area contributed by atoms with Gasteiger partial charge in [-0.25, -0.2) is 9.48 Å². The van der Waals surface area contributed by atoms with E-state index in [2.05, 4.69) is 15.7 Å². The fourth-order valence-electron chi connectivity index (χ4n) is 4.12. The van der Waals surface area contributed by atoms with Crippen molar-refractivity contribution >= 4 is 23.7 Å². The van der Waals surface area contributed by atoms with Crippen LogP contribution in [0.3, 0.4) is 0 Å². The first kappa shape index (κ1) is 20.0. The summed E-state index contributed by atoms with van der Waals surface area (Å²) < 4.78 is 1.65. The Labute approximate surface area is 185 Å². The van der Waals surface area contributed by atoms with E-state index in [1.165, 1.54) is 0 Å². The van der Waals surface area contributed by atoms with E-state index in [-0.39, 0.29) is 12.5 Å². The van der Waals surface area contributed by atoms with E-state index >= 15 is 0 Å². The van der Waals surface area contributed by atoms with E-state index in [1.54, 1.807) is 10.7 Å². The number of rotatable bonds is 5. The Bertz CT molecular complexity index is 1200. The number of benzene rings is 2. The smallest absolute Gasteiger partial charge is 0.323 e. The molecule has 1 aliphatic carbocycles. The average Bonchev–Trinajstić information content (AvgIpc) is 3.29. The van der Waals surface area contributed by atoms with E-state index in [9.17, 15) is 14.4 Å². The normalized spacial score (nSPS) is 16.7. The summed E-state index contributed by atoms with van der Waals surface area (Å²) in [5, 5.41) is 10.3. The highest BCUT2D eigenvalue weighted by Gasteiger charge is 2.54. The number of aromatic nitrogens is 2. The fourth-order valence-corrected chi connectivity index (χ4v) is 4.12. The summed E-state index contributed by atoms with van der Waals surface area (Å²) >= 11 is 0. The fraction of sp³-hybridized carbons (Fsp3) is 0.250. The van der Waals surface area contributed by atoms with Gasteiger partial charge >= 0.3 is 6.03 Å². The second kappa shape index (κ2) is 7.64. The number of aryl methyl sites for hydroxylation is 1. The van der Waals surface area contributed by atoms with Gasteiger partial charge in [0.05, 0.1) is 11.4 Å². The molecule has 0 radical (unpaired) electrons. The van der Waals surface area contributed by atoms with Crippen LogP contribution in [0.15, 0.2) is 60.7 Å². The molecule has 1 aromatic heterocycles. The Morgan fingerprint density at radius 3 is 2.44 bits per heavy atom. The van der Waals surface area contributed by atoms with Crippen LogP contribution in [0.5, 0.6) is 0 Å². The summed E-state index contributed by atoms with van der Waals surface area (Å²) in [5.74, 6) is -0.319. The molecule has 162 valence electrons. The molecule has 0 atom stereocenters. The average molecular weight is 429 g/mol. The predicted octanol–water partition coefficient (Wildman–Crippen LogP) is 3.26. The lowest BCUT2D eigenvalue weighted by Gasteiger charge is -2.34. The predicted molar refractivity (Wildman–Crippen MR) is 119 cm³/mol. The maximum atomic E-state index is 12.8. The lowest BCUT2D eigenvalue weighted by molar-refractivity contribution is -0.136. The molecule has 1 saturated heterocycles. The van der Waals surface area contributed by atoms with Crippen LogP contribution >= 0.6 is 0 Å². The Morgan fingerprint density at radius 2 is 1.81 bits per heavy atom. The van der Waals surface area contributed by atoms with E-state index < -0.39 is 17.5 Å². The number of para-hydroxylation sites is 1. The van der Waals surface area contributed by atoms with Crippen molar-refractivity contribution in [1.82, 2.24) is 20.0 Å². The molecular formula is C24H23N5O3. The quantitative estimate of drug-likeness (QED) is 0.609. The van der Waals surface area contributed by atoms with Crippen molar-refractivity contribution in [3.05, 3.63) is 66.2 Å². The highest BCUT2D eigenvalue weighted by Crippen LogP contribution is 2.37. The molecule has 3 aromatic rings. The van der Waals surface area contributed by atoms with E-state index in [4.69, 9.17) is 0 Å². The molecule has 2 aliphatic rings. The molecule has 0 unspecified atom stereocenters. The molecule has 2 aromatic carbocycles. The van der Waals surface area contributed by atoms with Gasteiger partial charge in [0.15, 0.2) is 0 Å². The maximum absolute atomic E-state index is 12.8. The Hall–Kier alpha value is -3.94. The van der Waals surface area contributed by atoms with Crippen molar-refractivity contribution in [2.45, 2.75) is 31.7 Å². The van der Waals surface area contributed by atoms with Gasteiger partial charge in [0, 0.05) is 11.6 Å². The van der Waals surface area contributed by atoms with Crippen LogP contribution in [0.4, 0.5) is 10.6 Å². The Morgan fingerprint density at radius 1 is 1.09 bits per heavy atom. The van der Waals surface area contributed by atoms with Crippen molar-refractivity contribution in [3.63, 3.8) is 0 Å². The number of hydrogen-bond donors (Lipinski definition) is 2. The van der Waals surface area contributed by atoms with Gasteiger partial charge in [-0.1, -0.05) is 48.0 Å². The summed E-state index contributed by atoms with van der Waals surface area (Å²) in [6, 6.07) is 18.7. The number of carbonyl (C=O) groups excluding carboxylic acids is 3. The highest BCUT2D eigenvalue weighted by molar-refractivity contribution is 6.10. The number of carbonyl (C=O) groups is 3. The minimum atomic E-state index is -0.804. The summed E-state index contributed by atoms with van der Waals surface area (Å²) in [4.78, 5) is 38.8. The third-order valence-corrected chi connectivity index (χ3v) is 6.08. The minimum absolute atomic E-state index is 0.319. The van der Waals surface area contributed by atoms with Gasteiger partial charge in [0.2, 0.25) is 5.91 Å². The van der Waals surface area contributed by atoms with Crippen molar-refractivity contribution in [2.24, 2.45) is 0 Å². The number of anilines is 1. The van der Waals surface area contributed by atoms with Crippen molar-refractivity contribution < 1.29 is 14.4 Å². The monoisotopic (exact) mass is 429 g/mol. The molecule has 5 rings (SSSR count). The number of imide groups is 1. The first-order chi connectivity index (χ1) is 15.4. The van der Waals surface area contributed by atoms with Crippen LogP contribution in [0.25, 0.3) is 16.9 Å².